The summed E-state index contributed by atoms with van der Waals surface area (Å²) < 4.78 is 0. The molecule has 5 rings (SSSR count). The molecule has 2 N–H and O–H groups in total. The number of benzene rings is 2. The second-order valence-corrected chi connectivity index (χ2v) is 7.77. The van der Waals surface area contributed by atoms with Gasteiger partial charge in [-0.1, -0.05) is 36.4 Å². The minimum atomic E-state index is -0.557. The first-order chi connectivity index (χ1) is 13.7. The molecule has 0 saturated heterocycles. The Morgan fingerprint density at radius 3 is 2.75 bits per heavy atom. The lowest BCUT2D eigenvalue weighted by Crippen LogP contribution is -2.50. The number of amides is 2. The maximum absolute atomic E-state index is 13.5. The van der Waals surface area contributed by atoms with Gasteiger partial charge in [-0.25, -0.2) is 0 Å². The number of carbonyl (C=O) groups is 2. The summed E-state index contributed by atoms with van der Waals surface area (Å²) >= 11 is 0. The Hall–Kier alpha value is -3.08. The van der Waals surface area contributed by atoms with Crippen LogP contribution in [0.25, 0.3) is 10.9 Å². The molecule has 1 fully saturated rings. The van der Waals surface area contributed by atoms with Crippen molar-refractivity contribution < 1.29 is 9.59 Å². The van der Waals surface area contributed by atoms with Crippen molar-refractivity contribution in [3.8, 4) is 0 Å². The summed E-state index contributed by atoms with van der Waals surface area (Å²) in [4.78, 5) is 31.0. The third-order valence-corrected chi connectivity index (χ3v) is 5.81. The maximum Gasteiger partial charge on any atom is 0.249 e. The van der Waals surface area contributed by atoms with E-state index >= 15 is 0 Å². The highest BCUT2D eigenvalue weighted by Crippen LogP contribution is 2.31. The summed E-state index contributed by atoms with van der Waals surface area (Å²) in [7, 11) is 0. The van der Waals surface area contributed by atoms with Gasteiger partial charge in [0.25, 0.3) is 0 Å². The molecular weight excluding hydrogens is 350 g/mol. The number of nitrogens with zero attached hydrogens (tertiary/aromatic N) is 1. The fraction of sp³-hybridized carbons (Fsp3) is 0.304. The van der Waals surface area contributed by atoms with E-state index in [4.69, 9.17) is 0 Å². The van der Waals surface area contributed by atoms with Crippen LogP contribution < -0.4 is 10.2 Å². The van der Waals surface area contributed by atoms with Crippen LogP contribution in [-0.4, -0.2) is 29.4 Å². The van der Waals surface area contributed by atoms with Gasteiger partial charge in [0.1, 0.15) is 6.04 Å². The standard InChI is InChI=1S/C23H23N3O2/c27-22(16-9-10-16)25-20(13-17-14-24-19-7-3-2-6-18(17)19)23(28)26-12-11-15-5-1-4-8-21(15)26/h1-8,14,16,20,24H,9-13H2,(H,25,27)/t20-/m0/s1. The summed E-state index contributed by atoms with van der Waals surface area (Å²) in [6.07, 6.45) is 5.14. The van der Waals surface area contributed by atoms with Crippen LogP contribution in [-0.2, 0) is 22.4 Å². The van der Waals surface area contributed by atoms with E-state index in [1.807, 2.05) is 47.5 Å². The van der Waals surface area contributed by atoms with E-state index < -0.39 is 6.04 Å². The zero-order valence-electron chi connectivity index (χ0n) is 15.7. The number of rotatable bonds is 5. The summed E-state index contributed by atoms with van der Waals surface area (Å²) in [6, 6.07) is 15.5. The van der Waals surface area contributed by atoms with E-state index in [-0.39, 0.29) is 17.7 Å². The predicted octanol–water partition coefficient (Wildman–Crippen LogP) is 3.19. The topological polar surface area (TPSA) is 65.2 Å². The van der Waals surface area contributed by atoms with Crippen molar-refractivity contribution in [1.29, 1.82) is 0 Å². The largest absolute Gasteiger partial charge is 0.361 e. The summed E-state index contributed by atoms with van der Waals surface area (Å²) in [6.45, 7) is 0.669. The molecule has 1 aliphatic heterocycles. The minimum Gasteiger partial charge on any atom is -0.361 e. The second kappa shape index (κ2) is 6.82. The summed E-state index contributed by atoms with van der Waals surface area (Å²) in [5.41, 5.74) is 4.26. The van der Waals surface area contributed by atoms with Crippen LogP contribution in [0.5, 0.6) is 0 Å². The molecule has 1 saturated carbocycles. The fourth-order valence-electron chi connectivity index (χ4n) is 4.11. The minimum absolute atomic E-state index is 0.00525. The molecule has 1 atom stereocenters. The molecule has 5 heteroatoms. The Balaban J connectivity index is 1.44. The third kappa shape index (κ3) is 3.07. The first-order valence-corrected chi connectivity index (χ1v) is 9.95. The molecule has 1 aliphatic carbocycles. The molecule has 0 unspecified atom stereocenters. The molecule has 0 radical (unpaired) electrons. The van der Waals surface area contributed by atoms with Gasteiger partial charge in [-0.3, -0.25) is 9.59 Å². The molecular formula is C23H23N3O2. The quantitative estimate of drug-likeness (QED) is 0.721. The first kappa shape index (κ1) is 17.0. The highest BCUT2D eigenvalue weighted by Gasteiger charge is 2.35. The first-order valence-electron chi connectivity index (χ1n) is 9.95. The Kier molecular flexibility index (Phi) is 4.15. The van der Waals surface area contributed by atoms with E-state index in [9.17, 15) is 9.59 Å². The molecule has 2 aromatic carbocycles. The van der Waals surface area contributed by atoms with Gasteiger partial charge in [-0.2, -0.15) is 0 Å². The number of carbonyl (C=O) groups excluding carboxylic acids is 2. The van der Waals surface area contributed by atoms with Crippen molar-refractivity contribution in [2.24, 2.45) is 5.92 Å². The van der Waals surface area contributed by atoms with E-state index in [1.165, 1.54) is 5.56 Å². The SMILES string of the molecule is O=C(N[C@@H](Cc1c[nH]c2ccccc12)C(=O)N1CCc2ccccc21)C1CC1. The fourth-order valence-corrected chi connectivity index (χ4v) is 4.11. The number of para-hydroxylation sites is 2. The Labute approximate surface area is 163 Å². The Morgan fingerprint density at radius 1 is 1.11 bits per heavy atom. The van der Waals surface area contributed by atoms with Crippen LogP contribution in [0.2, 0.25) is 0 Å². The van der Waals surface area contributed by atoms with Crippen molar-refractivity contribution >= 4 is 28.4 Å². The molecule has 0 bridgehead atoms. The molecule has 28 heavy (non-hydrogen) atoms. The van der Waals surface area contributed by atoms with Crippen molar-refractivity contribution in [2.75, 3.05) is 11.4 Å². The zero-order valence-corrected chi connectivity index (χ0v) is 15.7. The number of aromatic nitrogens is 1. The number of hydrogen-bond donors (Lipinski definition) is 2. The van der Waals surface area contributed by atoms with E-state index in [0.29, 0.717) is 13.0 Å². The molecule has 1 aromatic heterocycles. The molecule has 0 spiro atoms. The van der Waals surface area contributed by atoms with Gasteiger partial charge in [0.15, 0.2) is 0 Å². The van der Waals surface area contributed by atoms with Crippen LogP contribution in [0, 0.1) is 5.92 Å². The van der Waals surface area contributed by atoms with Gasteiger partial charge < -0.3 is 15.2 Å². The lowest BCUT2D eigenvalue weighted by Gasteiger charge is -2.25. The average molecular weight is 373 g/mol. The highest BCUT2D eigenvalue weighted by atomic mass is 16.2. The molecule has 2 aliphatic rings. The third-order valence-electron chi connectivity index (χ3n) is 5.81. The number of nitrogens with one attached hydrogen (secondary N) is 2. The summed E-state index contributed by atoms with van der Waals surface area (Å²) in [5, 5.41) is 4.15. The van der Waals surface area contributed by atoms with Gasteiger partial charge in [0.2, 0.25) is 11.8 Å². The van der Waals surface area contributed by atoms with Crippen LogP contribution in [0.3, 0.4) is 0 Å². The van der Waals surface area contributed by atoms with Gasteiger partial charge in [-0.15, -0.1) is 0 Å². The monoisotopic (exact) mass is 373 g/mol. The van der Waals surface area contributed by atoms with Crippen LogP contribution in [0.1, 0.15) is 24.0 Å². The zero-order chi connectivity index (χ0) is 19.1. The van der Waals surface area contributed by atoms with Crippen LogP contribution in [0.15, 0.2) is 54.7 Å². The van der Waals surface area contributed by atoms with Gasteiger partial charge in [0.05, 0.1) is 0 Å². The van der Waals surface area contributed by atoms with E-state index in [0.717, 1.165) is 41.4 Å². The summed E-state index contributed by atoms with van der Waals surface area (Å²) in [5.74, 6) is 0.0547. The number of aromatic amines is 1. The van der Waals surface area contributed by atoms with Gasteiger partial charge >= 0.3 is 0 Å². The number of fused-ring (bicyclic) bond motifs is 2. The van der Waals surface area contributed by atoms with E-state index in [2.05, 4.69) is 22.4 Å². The van der Waals surface area contributed by atoms with Crippen LogP contribution >= 0.6 is 0 Å². The Morgan fingerprint density at radius 2 is 1.89 bits per heavy atom. The molecule has 3 aromatic rings. The Bertz CT molecular complexity index is 1050. The lowest BCUT2D eigenvalue weighted by atomic mass is 10.0. The molecule has 2 heterocycles. The van der Waals surface area contributed by atoms with Crippen molar-refractivity contribution in [3.05, 3.63) is 65.9 Å². The number of hydrogen-bond acceptors (Lipinski definition) is 2. The predicted molar refractivity (Wildman–Crippen MR) is 109 cm³/mol. The normalized spacial score (nSPS) is 16.8. The number of H-pyrrole nitrogens is 1. The van der Waals surface area contributed by atoms with Crippen molar-refractivity contribution in [1.82, 2.24) is 10.3 Å². The van der Waals surface area contributed by atoms with Gasteiger partial charge in [0, 0.05) is 41.7 Å². The molecule has 2 amide bonds. The lowest BCUT2D eigenvalue weighted by molar-refractivity contribution is -0.128. The van der Waals surface area contributed by atoms with Crippen molar-refractivity contribution in [2.45, 2.75) is 31.7 Å². The van der Waals surface area contributed by atoms with Crippen molar-refractivity contribution in [3.63, 3.8) is 0 Å². The molecule has 5 nitrogen and oxygen atoms in total. The van der Waals surface area contributed by atoms with Gasteiger partial charge in [-0.05, 0) is 42.5 Å². The average Bonchev–Trinajstić information content (AvgIpc) is 3.37. The van der Waals surface area contributed by atoms with Crippen LogP contribution in [0.4, 0.5) is 5.69 Å². The maximum atomic E-state index is 13.5. The highest BCUT2D eigenvalue weighted by molar-refractivity contribution is 6.01. The smallest absolute Gasteiger partial charge is 0.249 e. The number of anilines is 1. The molecule has 142 valence electrons. The van der Waals surface area contributed by atoms with E-state index in [1.54, 1.807) is 0 Å². The second-order valence-electron chi connectivity index (χ2n) is 7.77.